The van der Waals surface area contributed by atoms with Crippen LogP contribution in [0.5, 0.6) is 0 Å². The Hall–Kier alpha value is -1.73. The van der Waals surface area contributed by atoms with Gasteiger partial charge in [-0.15, -0.1) is 0 Å². The van der Waals surface area contributed by atoms with Crippen molar-refractivity contribution in [2.24, 2.45) is 5.92 Å². The molecule has 3 heterocycles. The summed E-state index contributed by atoms with van der Waals surface area (Å²) in [6, 6.07) is 6.10. The minimum absolute atomic E-state index is 0.361. The molecule has 0 aliphatic carbocycles. The molecule has 1 fully saturated rings. The second-order valence-electron chi connectivity index (χ2n) is 6.41. The Labute approximate surface area is 143 Å². The zero-order valence-electron chi connectivity index (χ0n) is 14.2. The molecule has 0 amide bonds. The fraction of sp³-hybridized carbons (Fsp3) is 0.529. The maximum Gasteiger partial charge on any atom is 0.211 e. The Morgan fingerprint density at radius 3 is 2.88 bits per heavy atom. The van der Waals surface area contributed by atoms with Crippen molar-refractivity contribution >= 4 is 10.0 Å². The molecule has 1 unspecified atom stereocenters. The first-order chi connectivity index (χ1) is 11.5. The van der Waals surface area contributed by atoms with E-state index < -0.39 is 10.0 Å². The first-order valence-corrected chi connectivity index (χ1v) is 10.2. The van der Waals surface area contributed by atoms with E-state index in [2.05, 4.69) is 23.1 Å². The van der Waals surface area contributed by atoms with Gasteiger partial charge in [0, 0.05) is 32.0 Å². The van der Waals surface area contributed by atoms with Crippen LogP contribution >= 0.6 is 0 Å². The molecule has 7 heteroatoms. The molecule has 0 N–H and O–H groups in total. The largest absolute Gasteiger partial charge is 0.264 e. The summed E-state index contributed by atoms with van der Waals surface area (Å²) >= 11 is 0. The number of piperidine rings is 1. The van der Waals surface area contributed by atoms with Crippen molar-refractivity contribution in [1.82, 2.24) is 19.1 Å². The molecule has 1 atom stereocenters. The highest BCUT2D eigenvalue weighted by Gasteiger charge is 2.26. The van der Waals surface area contributed by atoms with Crippen LogP contribution in [0.4, 0.5) is 0 Å². The molecular weight excluding hydrogens is 324 g/mol. The van der Waals surface area contributed by atoms with Crippen LogP contribution in [-0.4, -0.2) is 46.8 Å². The number of rotatable bonds is 5. The topological polar surface area (TPSA) is 68.1 Å². The molecule has 2 aromatic rings. The van der Waals surface area contributed by atoms with E-state index in [-0.39, 0.29) is 0 Å². The third kappa shape index (κ3) is 3.84. The van der Waals surface area contributed by atoms with Gasteiger partial charge in [0.05, 0.1) is 17.6 Å². The fourth-order valence-electron chi connectivity index (χ4n) is 3.37. The molecule has 3 rings (SSSR count). The Kier molecular flexibility index (Phi) is 5.01. The van der Waals surface area contributed by atoms with Crippen LogP contribution in [0.1, 0.15) is 25.3 Å². The standard InChI is InChI=1S/C17H24N4O2S/c1-3-21-17(7-9-19-21)16-12-14(6-8-18-16)11-15-5-4-10-20(13-15)24(2,22)23/h6-9,12,15H,3-5,10-11,13H2,1-2H3. The molecule has 1 saturated heterocycles. The zero-order chi connectivity index (χ0) is 17.2. The molecule has 0 saturated carbocycles. The predicted octanol–water partition coefficient (Wildman–Crippen LogP) is 2.18. The summed E-state index contributed by atoms with van der Waals surface area (Å²) in [5, 5.41) is 4.30. The monoisotopic (exact) mass is 348 g/mol. The van der Waals surface area contributed by atoms with Crippen LogP contribution in [0, 0.1) is 5.92 Å². The summed E-state index contributed by atoms with van der Waals surface area (Å²) in [6.45, 7) is 4.12. The Bertz CT molecular complexity index is 800. The lowest BCUT2D eigenvalue weighted by atomic mass is 9.92. The second kappa shape index (κ2) is 7.03. The highest BCUT2D eigenvalue weighted by Crippen LogP contribution is 2.24. The van der Waals surface area contributed by atoms with Gasteiger partial charge in [0.1, 0.15) is 0 Å². The van der Waals surface area contributed by atoms with Crippen molar-refractivity contribution in [3.63, 3.8) is 0 Å². The minimum atomic E-state index is -3.09. The molecule has 24 heavy (non-hydrogen) atoms. The summed E-state index contributed by atoms with van der Waals surface area (Å²) < 4.78 is 27.1. The van der Waals surface area contributed by atoms with Gasteiger partial charge in [-0.05, 0) is 55.9 Å². The van der Waals surface area contributed by atoms with Gasteiger partial charge in [0.15, 0.2) is 0 Å². The van der Waals surface area contributed by atoms with Crippen LogP contribution in [0.25, 0.3) is 11.4 Å². The SMILES string of the molecule is CCn1nccc1-c1cc(CC2CCCN(S(C)(=O)=O)C2)ccn1. The average Bonchev–Trinajstić information content (AvgIpc) is 3.03. The zero-order valence-corrected chi connectivity index (χ0v) is 15.0. The molecule has 0 aromatic carbocycles. The van der Waals surface area contributed by atoms with Crippen molar-refractivity contribution in [3.05, 3.63) is 36.2 Å². The van der Waals surface area contributed by atoms with Gasteiger partial charge < -0.3 is 0 Å². The lowest BCUT2D eigenvalue weighted by Gasteiger charge is -2.31. The van der Waals surface area contributed by atoms with Crippen molar-refractivity contribution < 1.29 is 8.42 Å². The van der Waals surface area contributed by atoms with Gasteiger partial charge in [-0.25, -0.2) is 12.7 Å². The van der Waals surface area contributed by atoms with E-state index in [1.807, 2.05) is 23.0 Å². The van der Waals surface area contributed by atoms with Crippen molar-refractivity contribution in [2.75, 3.05) is 19.3 Å². The van der Waals surface area contributed by atoms with Gasteiger partial charge in [-0.2, -0.15) is 5.10 Å². The molecule has 1 aliphatic heterocycles. The number of hydrogen-bond donors (Lipinski definition) is 0. The Balaban J connectivity index is 1.75. The molecule has 1 aliphatic rings. The van der Waals surface area contributed by atoms with E-state index >= 15 is 0 Å². The van der Waals surface area contributed by atoms with E-state index in [1.165, 1.54) is 11.8 Å². The van der Waals surface area contributed by atoms with E-state index in [0.717, 1.165) is 37.2 Å². The van der Waals surface area contributed by atoms with E-state index in [0.29, 0.717) is 19.0 Å². The van der Waals surface area contributed by atoms with E-state index in [9.17, 15) is 8.42 Å². The number of hydrogen-bond acceptors (Lipinski definition) is 4. The number of aromatic nitrogens is 3. The molecule has 2 aromatic heterocycles. The van der Waals surface area contributed by atoms with Gasteiger partial charge in [-0.3, -0.25) is 9.67 Å². The summed E-state index contributed by atoms with van der Waals surface area (Å²) in [6.07, 6.45) is 7.79. The van der Waals surface area contributed by atoms with Gasteiger partial charge >= 0.3 is 0 Å². The van der Waals surface area contributed by atoms with Gasteiger partial charge in [0.2, 0.25) is 10.0 Å². The van der Waals surface area contributed by atoms with Crippen LogP contribution in [0.2, 0.25) is 0 Å². The normalized spacial score (nSPS) is 19.5. The molecular formula is C17H24N4O2S. The molecule has 130 valence electrons. The highest BCUT2D eigenvalue weighted by molar-refractivity contribution is 7.88. The van der Waals surface area contributed by atoms with Crippen molar-refractivity contribution in [2.45, 2.75) is 32.7 Å². The molecule has 0 radical (unpaired) electrons. The summed E-state index contributed by atoms with van der Waals surface area (Å²) in [7, 11) is -3.09. The highest BCUT2D eigenvalue weighted by atomic mass is 32.2. The molecule has 0 spiro atoms. The fourth-order valence-corrected chi connectivity index (χ4v) is 4.31. The number of nitrogens with zero attached hydrogens (tertiary/aromatic N) is 4. The third-order valence-corrected chi connectivity index (χ3v) is 5.85. The van der Waals surface area contributed by atoms with Gasteiger partial charge in [0.25, 0.3) is 0 Å². The maximum absolute atomic E-state index is 11.8. The Morgan fingerprint density at radius 2 is 2.12 bits per heavy atom. The minimum Gasteiger partial charge on any atom is -0.264 e. The Morgan fingerprint density at radius 1 is 1.29 bits per heavy atom. The van der Waals surface area contributed by atoms with Crippen molar-refractivity contribution in [3.8, 4) is 11.4 Å². The first-order valence-electron chi connectivity index (χ1n) is 8.39. The maximum atomic E-state index is 11.8. The average molecular weight is 348 g/mol. The lowest BCUT2D eigenvalue weighted by molar-refractivity contribution is 0.267. The first kappa shape index (κ1) is 17.1. The molecule has 0 bridgehead atoms. The van der Waals surface area contributed by atoms with Crippen LogP contribution in [0.15, 0.2) is 30.6 Å². The summed E-state index contributed by atoms with van der Waals surface area (Å²) in [5.74, 6) is 0.361. The smallest absolute Gasteiger partial charge is 0.211 e. The van der Waals surface area contributed by atoms with Gasteiger partial charge in [-0.1, -0.05) is 0 Å². The van der Waals surface area contributed by atoms with Crippen LogP contribution in [0.3, 0.4) is 0 Å². The lowest BCUT2D eigenvalue weighted by Crippen LogP contribution is -2.39. The van der Waals surface area contributed by atoms with Crippen LogP contribution in [-0.2, 0) is 23.0 Å². The van der Waals surface area contributed by atoms with E-state index in [4.69, 9.17) is 0 Å². The third-order valence-electron chi connectivity index (χ3n) is 4.58. The van der Waals surface area contributed by atoms with Crippen LogP contribution < -0.4 is 0 Å². The second-order valence-corrected chi connectivity index (χ2v) is 8.40. The van der Waals surface area contributed by atoms with E-state index in [1.54, 1.807) is 10.5 Å². The number of sulfonamides is 1. The number of aryl methyl sites for hydroxylation is 1. The summed E-state index contributed by atoms with van der Waals surface area (Å²) in [4.78, 5) is 4.47. The predicted molar refractivity (Wildman–Crippen MR) is 94.0 cm³/mol. The van der Waals surface area contributed by atoms with Crippen molar-refractivity contribution in [1.29, 1.82) is 0 Å². The summed E-state index contributed by atoms with van der Waals surface area (Å²) in [5.41, 5.74) is 3.13. The quantitative estimate of drug-likeness (QED) is 0.830. The molecule has 6 nitrogen and oxygen atoms in total. The number of pyridine rings is 1.